The lowest BCUT2D eigenvalue weighted by Gasteiger charge is -2.33. The summed E-state index contributed by atoms with van der Waals surface area (Å²) in [4.78, 5) is 15.0. The zero-order valence-electron chi connectivity index (χ0n) is 16.8. The van der Waals surface area contributed by atoms with E-state index in [-0.39, 0.29) is 12.0 Å². The highest BCUT2D eigenvalue weighted by atomic mass is 16.5. The normalized spacial score (nSPS) is 20.5. The van der Waals surface area contributed by atoms with Crippen molar-refractivity contribution >= 4 is 5.91 Å². The average Bonchev–Trinajstić information content (AvgIpc) is 3.27. The Morgan fingerprint density at radius 3 is 2.66 bits per heavy atom. The summed E-state index contributed by atoms with van der Waals surface area (Å²) in [5.41, 5.74) is 8.26. The van der Waals surface area contributed by atoms with Crippen LogP contribution in [0.5, 0.6) is 5.75 Å². The van der Waals surface area contributed by atoms with E-state index in [1.807, 2.05) is 54.6 Å². The van der Waals surface area contributed by atoms with Crippen LogP contribution in [0.3, 0.4) is 0 Å². The summed E-state index contributed by atoms with van der Waals surface area (Å²) in [5.74, 6) is 0.698. The van der Waals surface area contributed by atoms with Gasteiger partial charge in [0.15, 0.2) is 0 Å². The summed E-state index contributed by atoms with van der Waals surface area (Å²) < 4.78 is 6.19. The van der Waals surface area contributed by atoms with Crippen LogP contribution >= 0.6 is 0 Å². The molecule has 3 N–H and O–H groups in total. The highest BCUT2D eigenvalue weighted by Gasteiger charge is 2.24. The van der Waals surface area contributed by atoms with Gasteiger partial charge >= 0.3 is 0 Å². The van der Waals surface area contributed by atoms with E-state index in [0.29, 0.717) is 18.2 Å². The number of benzene rings is 2. The molecule has 2 aliphatic rings. The molecule has 0 bridgehead atoms. The van der Waals surface area contributed by atoms with Crippen LogP contribution in [0.25, 0.3) is 0 Å². The third kappa shape index (κ3) is 5.79. The third-order valence-electron chi connectivity index (χ3n) is 5.63. The third-order valence-corrected chi connectivity index (χ3v) is 5.63. The molecule has 4 rings (SSSR count). The van der Waals surface area contributed by atoms with Gasteiger partial charge in [-0.1, -0.05) is 36.4 Å². The zero-order valence-corrected chi connectivity index (χ0v) is 16.8. The Labute approximate surface area is 172 Å². The van der Waals surface area contributed by atoms with E-state index in [4.69, 9.17) is 4.74 Å². The lowest BCUT2D eigenvalue weighted by Crippen LogP contribution is -2.45. The minimum Gasteiger partial charge on any atom is -0.490 e. The topological polar surface area (TPSA) is 65.6 Å². The molecular formula is C23H30N4O2. The molecule has 2 aromatic carbocycles. The Morgan fingerprint density at radius 1 is 1.07 bits per heavy atom. The second-order valence-corrected chi connectivity index (χ2v) is 7.87. The average molecular weight is 395 g/mol. The van der Waals surface area contributed by atoms with Gasteiger partial charge in [-0.05, 0) is 43.0 Å². The molecule has 0 aromatic heterocycles. The molecule has 2 aromatic rings. The molecule has 2 saturated heterocycles. The lowest BCUT2D eigenvalue weighted by atomic mass is 10.1. The highest BCUT2D eigenvalue weighted by Crippen LogP contribution is 2.21. The summed E-state index contributed by atoms with van der Waals surface area (Å²) in [6.45, 7) is 4.78. The first-order chi connectivity index (χ1) is 14.3. The number of nitrogens with one attached hydrogen (secondary N) is 3. The van der Waals surface area contributed by atoms with Crippen LogP contribution in [0, 0.1) is 0 Å². The Bertz CT molecular complexity index is 784. The van der Waals surface area contributed by atoms with Gasteiger partial charge in [-0.2, -0.15) is 0 Å². The fraction of sp³-hybridized carbons (Fsp3) is 0.435. The van der Waals surface area contributed by atoms with Crippen molar-refractivity contribution in [2.45, 2.75) is 38.0 Å². The van der Waals surface area contributed by atoms with E-state index in [9.17, 15) is 4.79 Å². The summed E-state index contributed by atoms with van der Waals surface area (Å²) in [5, 5.41) is 2.97. The van der Waals surface area contributed by atoms with Crippen LogP contribution in [-0.2, 0) is 6.54 Å². The predicted molar refractivity (Wildman–Crippen MR) is 114 cm³/mol. The predicted octanol–water partition coefficient (Wildman–Crippen LogP) is 2.33. The molecule has 1 amide bonds. The molecule has 0 saturated carbocycles. The first-order valence-corrected chi connectivity index (χ1v) is 10.6. The van der Waals surface area contributed by atoms with E-state index < -0.39 is 0 Å². The number of carbonyl (C=O) groups is 1. The van der Waals surface area contributed by atoms with Crippen molar-refractivity contribution in [3.8, 4) is 5.75 Å². The second kappa shape index (κ2) is 9.87. The van der Waals surface area contributed by atoms with E-state index in [1.54, 1.807) is 0 Å². The number of likely N-dealkylation sites (tertiary alicyclic amines) is 1. The number of rotatable bonds is 7. The Kier molecular flexibility index (Phi) is 6.77. The molecule has 1 unspecified atom stereocenters. The number of hydrogen-bond acceptors (Lipinski definition) is 5. The van der Waals surface area contributed by atoms with Crippen molar-refractivity contribution in [3.05, 3.63) is 65.7 Å². The Balaban J connectivity index is 1.25. The lowest BCUT2D eigenvalue weighted by molar-refractivity contribution is 0.0930. The largest absolute Gasteiger partial charge is 0.490 e. The zero-order chi connectivity index (χ0) is 19.9. The van der Waals surface area contributed by atoms with Crippen molar-refractivity contribution in [3.63, 3.8) is 0 Å². The molecule has 2 aliphatic heterocycles. The van der Waals surface area contributed by atoms with Crippen LogP contribution in [0.1, 0.15) is 35.2 Å². The highest BCUT2D eigenvalue weighted by molar-refractivity contribution is 5.94. The minimum atomic E-state index is -0.0770. The molecule has 2 fully saturated rings. The quantitative estimate of drug-likeness (QED) is 0.673. The number of carbonyl (C=O) groups excluding carboxylic acids is 1. The van der Waals surface area contributed by atoms with Crippen molar-refractivity contribution in [2.75, 3.05) is 26.2 Å². The second-order valence-electron chi connectivity index (χ2n) is 7.87. The maximum Gasteiger partial charge on any atom is 0.251 e. The molecule has 6 heteroatoms. The monoisotopic (exact) mass is 394 g/mol. The van der Waals surface area contributed by atoms with Crippen LogP contribution in [-0.4, -0.2) is 49.1 Å². The van der Waals surface area contributed by atoms with Gasteiger partial charge in [-0.3, -0.25) is 15.6 Å². The van der Waals surface area contributed by atoms with Crippen molar-refractivity contribution < 1.29 is 9.53 Å². The van der Waals surface area contributed by atoms with Gasteiger partial charge in [-0.15, -0.1) is 0 Å². The summed E-state index contributed by atoms with van der Waals surface area (Å²) in [7, 11) is 0. The van der Waals surface area contributed by atoms with Gasteiger partial charge in [0.1, 0.15) is 11.9 Å². The molecule has 0 spiro atoms. The molecule has 0 aliphatic carbocycles. The van der Waals surface area contributed by atoms with E-state index in [2.05, 4.69) is 21.1 Å². The van der Waals surface area contributed by atoms with Crippen LogP contribution in [0.2, 0.25) is 0 Å². The summed E-state index contributed by atoms with van der Waals surface area (Å²) >= 11 is 0. The Hall–Kier alpha value is -2.41. The van der Waals surface area contributed by atoms with Gasteiger partial charge in [-0.25, -0.2) is 0 Å². The number of hydrazine groups is 1. The standard InChI is InChI=1S/C23H30N4O2/c28-23(24-16-18-5-2-1-3-6-18)19-7-4-8-22(15-19)29-21-10-13-27(14-11-21)17-20-9-12-25-26-20/h1-8,15,20-21,25-26H,9-14,16-17H2,(H,24,28). The molecule has 29 heavy (non-hydrogen) atoms. The number of ether oxygens (including phenoxy) is 1. The van der Waals surface area contributed by atoms with Crippen molar-refractivity contribution in [1.29, 1.82) is 0 Å². The molecule has 2 heterocycles. The van der Waals surface area contributed by atoms with E-state index >= 15 is 0 Å². The Morgan fingerprint density at radius 2 is 1.90 bits per heavy atom. The first kappa shape index (κ1) is 19.9. The minimum absolute atomic E-state index is 0.0770. The first-order valence-electron chi connectivity index (χ1n) is 10.6. The van der Waals surface area contributed by atoms with Gasteiger partial charge in [0.05, 0.1) is 0 Å². The fourth-order valence-electron chi connectivity index (χ4n) is 3.98. The number of hydrogen-bond donors (Lipinski definition) is 3. The number of piperidine rings is 1. The van der Waals surface area contributed by atoms with Crippen LogP contribution < -0.4 is 20.9 Å². The molecule has 6 nitrogen and oxygen atoms in total. The molecule has 1 atom stereocenters. The van der Waals surface area contributed by atoms with Gasteiger partial charge in [0.2, 0.25) is 0 Å². The van der Waals surface area contributed by atoms with Crippen LogP contribution in [0.15, 0.2) is 54.6 Å². The summed E-state index contributed by atoms with van der Waals surface area (Å²) in [6.07, 6.45) is 3.44. The number of amides is 1. The van der Waals surface area contributed by atoms with Crippen molar-refractivity contribution in [2.24, 2.45) is 0 Å². The van der Waals surface area contributed by atoms with Crippen LogP contribution in [0.4, 0.5) is 0 Å². The number of nitrogens with zero attached hydrogens (tertiary/aromatic N) is 1. The summed E-state index contributed by atoms with van der Waals surface area (Å²) in [6, 6.07) is 18.0. The maximum absolute atomic E-state index is 12.5. The van der Waals surface area contributed by atoms with Gasteiger partial charge in [0, 0.05) is 44.3 Å². The van der Waals surface area contributed by atoms with Gasteiger partial charge < -0.3 is 15.0 Å². The molecule has 0 radical (unpaired) electrons. The molecular weight excluding hydrogens is 364 g/mol. The van der Waals surface area contributed by atoms with E-state index in [1.165, 1.54) is 6.42 Å². The SMILES string of the molecule is O=C(NCc1ccccc1)c1cccc(OC2CCN(CC3CCNN3)CC2)c1. The maximum atomic E-state index is 12.5. The fourth-order valence-corrected chi connectivity index (χ4v) is 3.98. The smallest absolute Gasteiger partial charge is 0.251 e. The van der Waals surface area contributed by atoms with Gasteiger partial charge in [0.25, 0.3) is 5.91 Å². The molecule has 154 valence electrons. The van der Waals surface area contributed by atoms with Crippen molar-refractivity contribution in [1.82, 2.24) is 21.1 Å². The van der Waals surface area contributed by atoms with E-state index in [0.717, 1.165) is 50.3 Å².